The highest BCUT2D eigenvalue weighted by Crippen LogP contribution is 2.26. The maximum absolute atomic E-state index is 14.0. The van der Waals surface area contributed by atoms with E-state index in [1.807, 2.05) is 30.3 Å². The van der Waals surface area contributed by atoms with Crippen molar-refractivity contribution in [2.75, 3.05) is 0 Å². The number of aliphatic imine (C=N–C) groups is 1. The van der Waals surface area contributed by atoms with Gasteiger partial charge in [-0.3, -0.25) is 0 Å². The Morgan fingerprint density at radius 3 is 2.55 bits per heavy atom. The van der Waals surface area contributed by atoms with Gasteiger partial charge in [0.1, 0.15) is 18.2 Å². The highest BCUT2D eigenvalue weighted by atomic mass is 35.5. The summed E-state index contributed by atoms with van der Waals surface area (Å²) in [5.41, 5.74) is 1.69. The van der Waals surface area contributed by atoms with Gasteiger partial charge in [-0.15, -0.1) is 0 Å². The molecule has 0 aliphatic carbocycles. The van der Waals surface area contributed by atoms with Crippen LogP contribution in [-0.2, 0) is 16.1 Å². The first-order valence-corrected chi connectivity index (χ1v) is 9.22. The van der Waals surface area contributed by atoms with Crippen molar-refractivity contribution in [2.24, 2.45) is 4.99 Å². The van der Waals surface area contributed by atoms with E-state index in [1.165, 1.54) is 12.1 Å². The Bertz CT molecular complexity index is 1140. The second-order valence-corrected chi connectivity index (χ2v) is 6.64. The van der Waals surface area contributed by atoms with Crippen LogP contribution in [0, 0.1) is 5.82 Å². The maximum Gasteiger partial charge on any atom is 0.363 e. The van der Waals surface area contributed by atoms with Crippen molar-refractivity contribution in [3.8, 4) is 5.75 Å². The van der Waals surface area contributed by atoms with Gasteiger partial charge < -0.3 is 9.47 Å². The third-order valence-electron chi connectivity index (χ3n) is 4.28. The number of para-hydroxylation sites is 1. The molecule has 0 fully saturated rings. The molecule has 0 saturated heterocycles. The zero-order chi connectivity index (χ0) is 20.2. The number of hydrogen-bond acceptors (Lipinski definition) is 4. The number of carbonyl (C=O) groups excluding carboxylic acids is 1. The Kier molecular flexibility index (Phi) is 5.40. The molecule has 6 heteroatoms. The number of nitrogens with zero attached hydrogens (tertiary/aromatic N) is 1. The van der Waals surface area contributed by atoms with Gasteiger partial charge in [0.05, 0.1) is 5.56 Å². The van der Waals surface area contributed by atoms with E-state index in [0.29, 0.717) is 16.3 Å². The summed E-state index contributed by atoms with van der Waals surface area (Å²) >= 11 is 6.17. The van der Waals surface area contributed by atoms with Gasteiger partial charge in [0.15, 0.2) is 5.70 Å². The van der Waals surface area contributed by atoms with E-state index in [-0.39, 0.29) is 23.8 Å². The van der Waals surface area contributed by atoms with Gasteiger partial charge in [0.25, 0.3) is 0 Å². The number of cyclic esters (lactones) is 1. The van der Waals surface area contributed by atoms with Gasteiger partial charge in [0, 0.05) is 16.1 Å². The molecule has 0 N–H and O–H groups in total. The molecule has 1 aliphatic rings. The van der Waals surface area contributed by atoms with Crippen LogP contribution < -0.4 is 4.74 Å². The lowest BCUT2D eigenvalue weighted by molar-refractivity contribution is -0.129. The Morgan fingerprint density at radius 1 is 1.00 bits per heavy atom. The van der Waals surface area contributed by atoms with Gasteiger partial charge in [-0.2, -0.15) is 0 Å². The van der Waals surface area contributed by atoms with Crippen molar-refractivity contribution in [1.29, 1.82) is 0 Å². The molecule has 1 heterocycles. The van der Waals surface area contributed by atoms with Crippen LogP contribution in [0.4, 0.5) is 4.39 Å². The SMILES string of the molecule is O=C1OC(c2ccccc2F)=NC1=Cc1ccccc1OCc1ccccc1Cl. The molecule has 1 aliphatic heterocycles. The first kappa shape index (κ1) is 18.9. The predicted molar refractivity (Wildman–Crippen MR) is 109 cm³/mol. The molecule has 0 aromatic heterocycles. The van der Waals surface area contributed by atoms with Crippen molar-refractivity contribution < 1.29 is 18.7 Å². The van der Waals surface area contributed by atoms with E-state index in [0.717, 1.165) is 5.56 Å². The van der Waals surface area contributed by atoms with Gasteiger partial charge >= 0.3 is 5.97 Å². The Hall–Kier alpha value is -3.44. The molecule has 3 aromatic carbocycles. The van der Waals surface area contributed by atoms with Gasteiger partial charge in [0.2, 0.25) is 5.90 Å². The van der Waals surface area contributed by atoms with E-state index in [1.54, 1.807) is 36.4 Å². The Balaban J connectivity index is 1.61. The number of carbonyl (C=O) groups is 1. The summed E-state index contributed by atoms with van der Waals surface area (Å²) in [5, 5.41) is 0.613. The summed E-state index contributed by atoms with van der Waals surface area (Å²) in [5.74, 6) is -0.663. The van der Waals surface area contributed by atoms with E-state index in [2.05, 4.69) is 4.99 Å². The van der Waals surface area contributed by atoms with Crippen molar-refractivity contribution in [2.45, 2.75) is 6.61 Å². The third-order valence-corrected chi connectivity index (χ3v) is 4.65. The standard InChI is InChI=1S/C23H15ClFNO3/c24-18-10-4-1-8-16(18)14-28-21-12-6-2-7-15(21)13-20-23(27)29-22(26-20)17-9-3-5-11-19(17)25/h1-13H,14H2. The van der Waals surface area contributed by atoms with E-state index in [9.17, 15) is 9.18 Å². The van der Waals surface area contributed by atoms with E-state index < -0.39 is 11.8 Å². The largest absolute Gasteiger partial charge is 0.488 e. The average molecular weight is 408 g/mol. The molecule has 4 nitrogen and oxygen atoms in total. The van der Waals surface area contributed by atoms with Crippen molar-refractivity contribution in [3.05, 3.63) is 106 Å². The second kappa shape index (κ2) is 8.29. The lowest BCUT2D eigenvalue weighted by Gasteiger charge is -2.10. The molecule has 0 radical (unpaired) electrons. The molecule has 0 spiro atoms. The van der Waals surface area contributed by atoms with Gasteiger partial charge in [-0.25, -0.2) is 14.2 Å². The third kappa shape index (κ3) is 4.20. The highest BCUT2D eigenvalue weighted by molar-refractivity contribution is 6.31. The summed E-state index contributed by atoms with van der Waals surface area (Å²) in [4.78, 5) is 16.4. The number of halogens is 2. The number of benzene rings is 3. The summed E-state index contributed by atoms with van der Waals surface area (Å²) in [6.07, 6.45) is 1.55. The fraction of sp³-hybridized carbons (Fsp3) is 0.0435. The van der Waals surface area contributed by atoms with Crippen LogP contribution in [0.2, 0.25) is 5.02 Å². The first-order valence-electron chi connectivity index (χ1n) is 8.84. The molecule has 3 aromatic rings. The maximum atomic E-state index is 14.0. The lowest BCUT2D eigenvalue weighted by atomic mass is 10.1. The smallest absolute Gasteiger partial charge is 0.363 e. The quantitative estimate of drug-likeness (QED) is 0.420. The summed E-state index contributed by atoms with van der Waals surface area (Å²) in [6, 6.07) is 20.6. The molecule has 29 heavy (non-hydrogen) atoms. The Morgan fingerprint density at radius 2 is 1.72 bits per heavy atom. The lowest BCUT2D eigenvalue weighted by Crippen LogP contribution is -2.07. The average Bonchev–Trinajstić information content (AvgIpc) is 3.09. The molecular formula is C23H15ClFNO3. The number of esters is 1. The van der Waals surface area contributed by atoms with Crippen molar-refractivity contribution >= 4 is 29.5 Å². The minimum Gasteiger partial charge on any atom is -0.488 e. The van der Waals surface area contributed by atoms with E-state index in [4.69, 9.17) is 21.1 Å². The summed E-state index contributed by atoms with van der Waals surface area (Å²) in [7, 11) is 0. The topological polar surface area (TPSA) is 47.9 Å². The molecule has 0 saturated carbocycles. The first-order chi connectivity index (χ1) is 14.1. The zero-order valence-electron chi connectivity index (χ0n) is 15.1. The van der Waals surface area contributed by atoms with Crippen LogP contribution in [0.3, 0.4) is 0 Å². The molecule has 144 valence electrons. The second-order valence-electron chi connectivity index (χ2n) is 6.23. The number of rotatable bonds is 5. The molecular weight excluding hydrogens is 393 g/mol. The summed E-state index contributed by atoms with van der Waals surface area (Å²) < 4.78 is 25.0. The number of hydrogen-bond donors (Lipinski definition) is 0. The minimum absolute atomic E-state index is 0.0613. The molecule has 4 rings (SSSR count). The highest BCUT2D eigenvalue weighted by Gasteiger charge is 2.26. The van der Waals surface area contributed by atoms with Crippen LogP contribution in [0.1, 0.15) is 16.7 Å². The zero-order valence-corrected chi connectivity index (χ0v) is 15.9. The predicted octanol–water partition coefficient (Wildman–Crippen LogP) is 5.40. The fourth-order valence-corrected chi connectivity index (χ4v) is 3.00. The van der Waals surface area contributed by atoms with Crippen LogP contribution in [0.5, 0.6) is 5.75 Å². The summed E-state index contributed by atoms with van der Waals surface area (Å²) in [6.45, 7) is 0.272. The Labute approximate surface area is 171 Å². The molecule has 0 unspecified atom stereocenters. The normalized spacial score (nSPS) is 14.6. The van der Waals surface area contributed by atoms with Gasteiger partial charge in [-0.1, -0.05) is 60.1 Å². The minimum atomic E-state index is -0.649. The molecule has 0 bridgehead atoms. The van der Waals surface area contributed by atoms with E-state index >= 15 is 0 Å². The van der Waals surface area contributed by atoms with Crippen molar-refractivity contribution in [1.82, 2.24) is 0 Å². The van der Waals surface area contributed by atoms with Crippen LogP contribution >= 0.6 is 11.6 Å². The van der Waals surface area contributed by atoms with Crippen LogP contribution in [0.15, 0.2) is 83.5 Å². The van der Waals surface area contributed by atoms with Crippen LogP contribution in [-0.4, -0.2) is 11.9 Å². The molecule has 0 atom stereocenters. The van der Waals surface area contributed by atoms with Crippen LogP contribution in [0.25, 0.3) is 6.08 Å². The fourth-order valence-electron chi connectivity index (χ4n) is 2.81. The number of ether oxygens (including phenoxy) is 2. The monoisotopic (exact) mass is 407 g/mol. The molecule has 0 amide bonds. The van der Waals surface area contributed by atoms with Crippen molar-refractivity contribution in [3.63, 3.8) is 0 Å². The van der Waals surface area contributed by atoms with Gasteiger partial charge in [-0.05, 0) is 30.3 Å².